The molecule has 1 aliphatic carbocycles. The zero-order valence-corrected chi connectivity index (χ0v) is 6.89. The van der Waals surface area contributed by atoms with E-state index in [9.17, 15) is 4.79 Å². The van der Waals surface area contributed by atoms with Crippen LogP contribution in [0.5, 0.6) is 0 Å². The number of rotatable bonds is 2. The van der Waals surface area contributed by atoms with E-state index in [0.717, 1.165) is 6.29 Å². The Hall–Kier alpha value is -0.330. The SMILES string of the molecule is CC(C=O)C1(C)CCCC1. The third kappa shape index (κ3) is 1.23. The van der Waals surface area contributed by atoms with Gasteiger partial charge < -0.3 is 4.79 Å². The van der Waals surface area contributed by atoms with E-state index in [2.05, 4.69) is 6.92 Å². The molecule has 1 fully saturated rings. The first-order chi connectivity index (χ1) is 4.69. The summed E-state index contributed by atoms with van der Waals surface area (Å²) < 4.78 is 0. The molecule has 0 heterocycles. The lowest BCUT2D eigenvalue weighted by Gasteiger charge is -2.26. The van der Waals surface area contributed by atoms with Gasteiger partial charge in [-0.05, 0) is 18.3 Å². The van der Waals surface area contributed by atoms with Crippen LogP contribution in [0.25, 0.3) is 0 Å². The monoisotopic (exact) mass is 140 g/mol. The highest BCUT2D eigenvalue weighted by Crippen LogP contribution is 2.42. The molecule has 0 aromatic carbocycles. The van der Waals surface area contributed by atoms with Crippen LogP contribution in [0.2, 0.25) is 0 Å². The van der Waals surface area contributed by atoms with Crippen LogP contribution < -0.4 is 0 Å². The van der Waals surface area contributed by atoms with Gasteiger partial charge in [0.15, 0.2) is 0 Å². The molecule has 1 aliphatic rings. The van der Waals surface area contributed by atoms with Crippen LogP contribution in [0.3, 0.4) is 0 Å². The van der Waals surface area contributed by atoms with E-state index in [0.29, 0.717) is 5.41 Å². The lowest BCUT2D eigenvalue weighted by molar-refractivity contribution is -0.113. The maximum absolute atomic E-state index is 10.5. The number of hydrogen-bond acceptors (Lipinski definition) is 1. The molecule has 0 radical (unpaired) electrons. The Kier molecular flexibility index (Phi) is 2.12. The summed E-state index contributed by atoms with van der Waals surface area (Å²) in [7, 11) is 0. The fourth-order valence-electron chi connectivity index (χ4n) is 1.80. The molecule has 0 aromatic heterocycles. The summed E-state index contributed by atoms with van der Waals surface area (Å²) in [6.45, 7) is 4.28. The maximum Gasteiger partial charge on any atom is 0.123 e. The molecule has 0 saturated heterocycles. The topological polar surface area (TPSA) is 17.1 Å². The molecule has 1 nitrogen and oxygen atoms in total. The van der Waals surface area contributed by atoms with Crippen molar-refractivity contribution in [2.75, 3.05) is 0 Å². The molecule has 1 heteroatoms. The second kappa shape index (κ2) is 2.73. The van der Waals surface area contributed by atoms with Gasteiger partial charge in [-0.25, -0.2) is 0 Å². The predicted octanol–water partition coefficient (Wildman–Crippen LogP) is 2.40. The molecule has 1 saturated carbocycles. The molecule has 0 bridgehead atoms. The van der Waals surface area contributed by atoms with Crippen LogP contribution in [0, 0.1) is 11.3 Å². The Morgan fingerprint density at radius 2 is 1.90 bits per heavy atom. The molecular weight excluding hydrogens is 124 g/mol. The Balaban J connectivity index is 2.57. The second-order valence-corrected chi connectivity index (χ2v) is 3.79. The highest BCUT2D eigenvalue weighted by molar-refractivity contribution is 5.54. The van der Waals surface area contributed by atoms with Crippen LogP contribution in [0.4, 0.5) is 0 Å². The first-order valence-electron chi connectivity index (χ1n) is 4.14. The fourth-order valence-corrected chi connectivity index (χ4v) is 1.80. The minimum atomic E-state index is 0.259. The van der Waals surface area contributed by atoms with E-state index in [4.69, 9.17) is 0 Å². The molecule has 1 rings (SSSR count). The van der Waals surface area contributed by atoms with Crippen molar-refractivity contribution >= 4 is 6.29 Å². The highest BCUT2D eigenvalue weighted by atomic mass is 16.1. The summed E-state index contributed by atoms with van der Waals surface area (Å²) in [4.78, 5) is 10.5. The van der Waals surface area contributed by atoms with Gasteiger partial charge in [0.1, 0.15) is 6.29 Å². The van der Waals surface area contributed by atoms with E-state index in [1.54, 1.807) is 0 Å². The lowest BCUT2D eigenvalue weighted by Crippen LogP contribution is -2.22. The molecular formula is C9H16O. The van der Waals surface area contributed by atoms with Crippen LogP contribution >= 0.6 is 0 Å². The zero-order valence-electron chi connectivity index (χ0n) is 6.89. The summed E-state index contributed by atoms with van der Waals surface area (Å²) in [5.74, 6) is 0.259. The molecule has 0 spiro atoms. The van der Waals surface area contributed by atoms with Crippen molar-refractivity contribution in [3.8, 4) is 0 Å². The first-order valence-corrected chi connectivity index (χ1v) is 4.14. The van der Waals surface area contributed by atoms with Gasteiger partial charge in [-0.1, -0.05) is 26.7 Å². The van der Waals surface area contributed by atoms with E-state index < -0.39 is 0 Å². The van der Waals surface area contributed by atoms with Gasteiger partial charge in [-0.3, -0.25) is 0 Å². The molecule has 1 atom stereocenters. The number of carbonyl (C=O) groups is 1. The minimum absolute atomic E-state index is 0.259. The van der Waals surface area contributed by atoms with Gasteiger partial charge in [0.25, 0.3) is 0 Å². The second-order valence-electron chi connectivity index (χ2n) is 3.79. The lowest BCUT2D eigenvalue weighted by atomic mass is 9.77. The maximum atomic E-state index is 10.5. The normalized spacial score (nSPS) is 26.2. The molecule has 0 aliphatic heterocycles. The van der Waals surface area contributed by atoms with Gasteiger partial charge in [-0.15, -0.1) is 0 Å². The van der Waals surface area contributed by atoms with Crippen LogP contribution in [-0.2, 0) is 4.79 Å². The van der Waals surface area contributed by atoms with Gasteiger partial charge in [0.2, 0.25) is 0 Å². The van der Waals surface area contributed by atoms with Crippen molar-refractivity contribution in [3.63, 3.8) is 0 Å². The van der Waals surface area contributed by atoms with E-state index in [1.165, 1.54) is 25.7 Å². The van der Waals surface area contributed by atoms with Crippen LogP contribution in [0.15, 0.2) is 0 Å². The quantitative estimate of drug-likeness (QED) is 0.538. The largest absolute Gasteiger partial charge is 0.303 e. The standard InChI is InChI=1S/C9H16O/c1-8(7-10)9(2)5-3-4-6-9/h7-8H,3-6H2,1-2H3. The van der Waals surface area contributed by atoms with E-state index in [-0.39, 0.29) is 5.92 Å². The predicted molar refractivity (Wildman–Crippen MR) is 41.8 cm³/mol. The molecule has 0 aromatic rings. The van der Waals surface area contributed by atoms with Crippen molar-refractivity contribution in [1.82, 2.24) is 0 Å². The van der Waals surface area contributed by atoms with Gasteiger partial charge in [0.05, 0.1) is 0 Å². The van der Waals surface area contributed by atoms with Crippen molar-refractivity contribution in [3.05, 3.63) is 0 Å². The summed E-state index contributed by atoms with van der Waals surface area (Å²) >= 11 is 0. The number of aldehydes is 1. The molecule has 1 unspecified atom stereocenters. The summed E-state index contributed by atoms with van der Waals surface area (Å²) in [5, 5.41) is 0. The van der Waals surface area contributed by atoms with Crippen molar-refractivity contribution < 1.29 is 4.79 Å². The summed E-state index contributed by atoms with van der Waals surface area (Å²) in [6.07, 6.45) is 6.22. The summed E-state index contributed by atoms with van der Waals surface area (Å²) in [6, 6.07) is 0. The zero-order chi connectivity index (χ0) is 7.61. The van der Waals surface area contributed by atoms with Crippen LogP contribution in [0.1, 0.15) is 39.5 Å². The minimum Gasteiger partial charge on any atom is -0.303 e. The third-order valence-electron chi connectivity index (χ3n) is 3.05. The average Bonchev–Trinajstić information content (AvgIpc) is 2.36. The fraction of sp³-hybridized carbons (Fsp3) is 0.889. The average molecular weight is 140 g/mol. The first kappa shape index (κ1) is 7.77. The highest BCUT2D eigenvalue weighted by Gasteiger charge is 2.33. The Bertz CT molecular complexity index is 123. The van der Waals surface area contributed by atoms with E-state index >= 15 is 0 Å². The van der Waals surface area contributed by atoms with Gasteiger partial charge >= 0.3 is 0 Å². The Morgan fingerprint density at radius 3 is 2.30 bits per heavy atom. The van der Waals surface area contributed by atoms with Crippen molar-refractivity contribution in [2.45, 2.75) is 39.5 Å². The van der Waals surface area contributed by atoms with E-state index in [1.807, 2.05) is 6.92 Å². The van der Waals surface area contributed by atoms with Crippen molar-refractivity contribution in [1.29, 1.82) is 0 Å². The number of carbonyl (C=O) groups excluding carboxylic acids is 1. The molecule has 0 amide bonds. The molecule has 0 N–H and O–H groups in total. The number of hydrogen-bond donors (Lipinski definition) is 0. The van der Waals surface area contributed by atoms with Gasteiger partial charge in [0, 0.05) is 5.92 Å². The third-order valence-corrected chi connectivity index (χ3v) is 3.05. The molecule has 10 heavy (non-hydrogen) atoms. The Morgan fingerprint density at radius 1 is 1.40 bits per heavy atom. The van der Waals surface area contributed by atoms with Crippen molar-refractivity contribution in [2.24, 2.45) is 11.3 Å². The smallest absolute Gasteiger partial charge is 0.123 e. The van der Waals surface area contributed by atoms with Gasteiger partial charge in [-0.2, -0.15) is 0 Å². The Labute approximate surface area is 62.8 Å². The summed E-state index contributed by atoms with van der Waals surface area (Å²) in [5.41, 5.74) is 0.335. The molecule has 58 valence electrons. The van der Waals surface area contributed by atoms with Crippen LogP contribution in [-0.4, -0.2) is 6.29 Å².